The van der Waals surface area contributed by atoms with Gasteiger partial charge in [0.1, 0.15) is 24.7 Å². The highest BCUT2D eigenvalue weighted by Crippen LogP contribution is 2.14. The van der Waals surface area contributed by atoms with Gasteiger partial charge in [-0.3, -0.25) is 4.79 Å². The Morgan fingerprint density at radius 1 is 0.957 bits per heavy atom. The van der Waals surface area contributed by atoms with Gasteiger partial charge in [0, 0.05) is 12.1 Å². The number of hydrogen-bond acceptors (Lipinski definition) is 3. The van der Waals surface area contributed by atoms with Crippen LogP contribution in [0.3, 0.4) is 0 Å². The van der Waals surface area contributed by atoms with E-state index in [2.05, 4.69) is 12.2 Å². The minimum absolute atomic E-state index is 0.0653. The van der Waals surface area contributed by atoms with E-state index in [9.17, 15) is 4.79 Å². The Morgan fingerprint density at radius 2 is 1.65 bits per heavy atom. The molecule has 0 saturated heterocycles. The molecule has 23 heavy (non-hydrogen) atoms. The SMILES string of the molecule is CCCCNC(=O)c1cccc(OCCOc2ccccc2)c1. The Hall–Kier alpha value is -2.49. The van der Waals surface area contributed by atoms with Crippen molar-refractivity contribution < 1.29 is 14.3 Å². The Bertz CT molecular complexity index is 599. The van der Waals surface area contributed by atoms with Gasteiger partial charge in [-0.1, -0.05) is 37.6 Å². The predicted octanol–water partition coefficient (Wildman–Crippen LogP) is 3.67. The molecule has 2 rings (SSSR count). The van der Waals surface area contributed by atoms with E-state index in [1.807, 2.05) is 42.5 Å². The standard InChI is InChI=1S/C19H23NO3/c1-2-3-12-20-19(21)16-8-7-11-18(15-16)23-14-13-22-17-9-5-4-6-10-17/h4-11,15H,2-3,12-14H2,1H3,(H,20,21). The van der Waals surface area contributed by atoms with E-state index in [1.54, 1.807) is 12.1 Å². The lowest BCUT2D eigenvalue weighted by Crippen LogP contribution is -2.24. The van der Waals surface area contributed by atoms with Gasteiger partial charge >= 0.3 is 0 Å². The number of benzene rings is 2. The highest BCUT2D eigenvalue weighted by atomic mass is 16.5. The Kier molecular flexibility index (Phi) is 6.98. The van der Waals surface area contributed by atoms with Crippen LogP contribution in [0.25, 0.3) is 0 Å². The highest BCUT2D eigenvalue weighted by molar-refractivity contribution is 5.94. The molecular formula is C19H23NO3. The van der Waals surface area contributed by atoms with Crippen LogP contribution >= 0.6 is 0 Å². The van der Waals surface area contributed by atoms with Gasteiger partial charge in [0.05, 0.1) is 0 Å². The van der Waals surface area contributed by atoms with Gasteiger partial charge in [-0.2, -0.15) is 0 Å². The molecule has 0 bridgehead atoms. The number of carbonyl (C=O) groups is 1. The molecule has 4 heteroatoms. The summed E-state index contributed by atoms with van der Waals surface area (Å²) >= 11 is 0. The third-order valence-corrected chi connectivity index (χ3v) is 3.28. The van der Waals surface area contributed by atoms with E-state index in [0.717, 1.165) is 18.6 Å². The second-order valence-electron chi connectivity index (χ2n) is 5.15. The van der Waals surface area contributed by atoms with Crippen LogP contribution in [-0.4, -0.2) is 25.7 Å². The first kappa shape index (κ1) is 16.9. The molecule has 122 valence electrons. The molecule has 0 aromatic heterocycles. The van der Waals surface area contributed by atoms with Crippen molar-refractivity contribution in [3.63, 3.8) is 0 Å². The molecule has 0 heterocycles. The first-order chi connectivity index (χ1) is 11.3. The zero-order chi connectivity index (χ0) is 16.3. The summed E-state index contributed by atoms with van der Waals surface area (Å²) in [5.74, 6) is 1.43. The molecule has 2 aromatic carbocycles. The molecule has 0 unspecified atom stereocenters. The molecule has 0 aliphatic rings. The van der Waals surface area contributed by atoms with Crippen LogP contribution in [0.4, 0.5) is 0 Å². The average Bonchev–Trinajstić information content (AvgIpc) is 2.60. The predicted molar refractivity (Wildman–Crippen MR) is 91.1 cm³/mol. The van der Waals surface area contributed by atoms with Gasteiger partial charge < -0.3 is 14.8 Å². The van der Waals surface area contributed by atoms with Crippen LogP contribution in [0, 0.1) is 0 Å². The summed E-state index contributed by atoms with van der Waals surface area (Å²) in [6.45, 7) is 3.68. The Morgan fingerprint density at radius 3 is 2.39 bits per heavy atom. The fourth-order valence-electron chi connectivity index (χ4n) is 2.04. The fourth-order valence-corrected chi connectivity index (χ4v) is 2.04. The molecule has 1 amide bonds. The zero-order valence-corrected chi connectivity index (χ0v) is 13.5. The quantitative estimate of drug-likeness (QED) is 0.719. The summed E-state index contributed by atoms with van der Waals surface area (Å²) in [7, 11) is 0. The van der Waals surface area contributed by atoms with Crippen molar-refractivity contribution in [3.05, 3.63) is 60.2 Å². The van der Waals surface area contributed by atoms with E-state index in [1.165, 1.54) is 0 Å². The van der Waals surface area contributed by atoms with E-state index in [-0.39, 0.29) is 5.91 Å². The molecule has 0 spiro atoms. The van der Waals surface area contributed by atoms with E-state index in [0.29, 0.717) is 31.1 Å². The van der Waals surface area contributed by atoms with Crippen molar-refractivity contribution in [2.24, 2.45) is 0 Å². The van der Waals surface area contributed by atoms with Gasteiger partial charge in [0.25, 0.3) is 5.91 Å². The first-order valence-electron chi connectivity index (χ1n) is 7.98. The summed E-state index contributed by atoms with van der Waals surface area (Å²) in [6, 6.07) is 16.8. The van der Waals surface area contributed by atoms with Crippen LogP contribution in [0.1, 0.15) is 30.1 Å². The highest BCUT2D eigenvalue weighted by Gasteiger charge is 2.06. The summed E-state index contributed by atoms with van der Waals surface area (Å²) in [5.41, 5.74) is 0.614. The summed E-state index contributed by atoms with van der Waals surface area (Å²) in [5, 5.41) is 2.90. The normalized spacial score (nSPS) is 10.1. The molecular weight excluding hydrogens is 290 g/mol. The van der Waals surface area contributed by atoms with Crippen molar-refractivity contribution in [2.75, 3.05) is 19.8 Å². The lowest BCUT2D eigenvalue weighted by molar-refractivity contribution is 0.0952. The molecule has 0 saturated carbocycles. The second-order valence-corrected chi connectivity index (χ2v) is 5.15. The molecule has 0 aliphatic carbocycles. The average molecular weight is 313 g/mol. The van der Waals surface area contributed by atoms with Crippen molar-refractivity contribution in [3.8, 4) is 11.5 Å². The topological polar surface area (TPSA) is 47.6 Å². The fraction of sp³-hybridized carbons (Fsp3) is 0.316. The van der Waals surface area contributed by atoms with Crippen LogP contribution < -0.4 is 14.8 Å². The number of para-hydroxylation sites is 1. The molecule has 0 fully saturated rings. The zero-order valence-electron chi connectivity index (χ0n) is 13.5. The van der Waals surface area contributed by atoms with Gasteiger partial charge in [0.15, 0.2) is 0 Å². The number of hydrogen-bond donors (Lipinski definition) is 1. The molecule has 4 nitrogen and oxygen atoms in total. The molecule has 0 aliphatic heterocycles. The Labute approximate surface area is 137 Å². The van der Waals surface area contributed by atoms with Crippen molar-refractivity contribution in [2.45, 2.75) is 19.8 Å². The van der Waals surface area contributed by atoms with Gasteiger partial charge in [-0.05, 0) is 36.8 Å². The lowest BCUT2D eigenvalue weighted by atomic mass is 10.2. The number of ether oxygens (including phenoxy) is 2. The van der Waals surface area contributed by atoms with Crippen molar-refractivity contribution >= 4 is 5.91 Å². The summed E-state index contributed by atoms with van der Waals surface area (Å²) in [6.07, 6.45) is 2.05. The lowest BCUT2D eigenvalue weighted by Gasteiger charge is -2.10. The maximum atomic E-state index is 12.0. The maximum Gasteiger partial charge on any atom is 0.251 e. The van der Waals surface area contributed by atoms with Gasteiger partial charge in [-0.15, -0.1) is 0 Å². The monoisotopic (exact) mass is 313 g/mol. The number of unbranched alkanes of at least 4 members (excludes halogenated alkanes) is 1. The minimum Gasteiger partial charge on any atom is -0.490 e. The first-order valence-corrected chi connectivity index (χ1v) is 7.98. The second kappa shape index (κ2) is 9.51. The Balaban J connectivity index is 1.77. The van der Waals surface area contributed by atoms with Crippen LogP contribution in [0.5, 0.6) is 11.5 Å². The van der Waals surface area contributed by atoms with Gasteiger partial charge in [-0.25, -0.2) is 0 Å². The number of nitrogens with one attached hydrogen (secondary N) is 1. The van der Waals surface area contributed by atoms with Crippen LogP contribution in [-0.2, 0) is 0 Å². The van der Waals surface area contributed by atoms with Gasteiger partial charge in [0.2, 0.25) is 0 Å². The number of carbonyl (C=O) groups excluding carboxylic acids is 1. The van der Waals surface area contributed by atoms with Crippen LogP contribution in [0.15, 0.2) is 54.6 Å². The third kappa shape index (κ3) is 6.02. The smallest absolute Gasteiger partial charge is 0.251 e. The van der Waals surface area contributed by atoms with E-state index in [4.69, 9.17) is 9.47 Å². The number of amides is 1. The van der Waals surface area contributed by atoms with E-state index < -0.39 is 0 Å². The molecule has 0 atom stereocenters. The summed E-state index contributed by atoms with van der Waals surface area (Å²) < 4.78 is 11.2. The number of rotatable bonds is 9. The van der Waals surface area contributed by atoms with Crippen LogP contribution in [0.2, 0.25) is 0 Å². The third-order valence-electron chi connectivity index (χ3n) is 3.28. The largest absolute Gasteiger partial charge is 0.490 e. The molecule has 0 radical (unpaired) electrons. The minimum atomic E-state index is -0.0653. The summed E-state index contributed by atoms with van der Waals surface area (Å²) in [4.78, 5) is 12.0. The van der Waals surface area contributed by atoms with E-state index >= 15 is 0 Å². The van der Waals surface area contributed by atoms with Crippen molar-refractivity contribution in [1.82, 2.24) is 5.32 Å². The van der Waals surface area contributed by atoms with Crippen molar-refractivity contribution in [1.29, 1.82) is 0 Å². The molecule has 2 aromatic rings. The maximum absolute atomic E-state index is 12.0. The molecule has 1 N–H and O–H groups in total.